The van der Waals surface area contributed by atoms with Crippen molar-refractivity contribution in [2.24, 2.45) is 0 Å². The third-order valence-electron chi connectivity index (χ3n) is 4.74. The van der Waals surface area contributed by atoms with Gasteiger partial charge in [-0.05, 0) is 36.1 Å². The third-order valence-corrected chi connectivity index (χ3v) is 5.92. The average Bonchev–Trinajstić information content (AvgIpc) is 3.18. The Kier molecular flexibility index (Phi) is 5.85. The number of morpholine rings is 1. The molecule has 1 aliphatic heterocycles. The molecule has 1 saturated heterocycles. The smallest absolute Gasteiger partial charge is 0.272 e. The molecule has 7 heteroatoms. The molecule has 28 heavy (non-hydrogen) atoms. The first-order valence-electron chi connectivity index (χ1n) is 9.01. The van der Waals surface area contributed by atoms with Gasteiger partial charge in [0.15, 0.2) is 5.16 Å². The number of carbonyl (C=O) groups excluding carboxylic acids is 1. The van der Waals surface area contributed by atoms with Gasteiger partial charge in [-0.25, -0.2) is 4.98 Å². The van der Waals surface area contributed by atoms with E-state index in [0.29, 0.717) is 25.4 Å². The number of hydrogen-bond donors (Lipinski definition) is 0. The van der Waals surface area contributed by atoms with Gasteiger partial charge in [-0.15, -0.1) is 0 Å². The number of nitrogens with zero attached hydrogens (tertiary/aromatic N) is 3. The Morgan fingerprint density at radius 3 is 2.64 bits per heavy atom. The summed E-state index contributed by atoms with van der Waals surface area (Å²) in [4.78, 5) is 19.7. The SMILES string of the molecule is CSc1ncc(C(=O)N2CCOC(c3ccc(Br)cc3)C2)n1-c1ccccc1. The molecule has 4 rings (SSSR count). The summed E-state index contributed by atoms with van der Waals surface area (Å²) in [6.07, 6.45) is 3.51. The fourth-order valence-electron chi connectivity index (χ4n) is 3.33. The van der Waals surface area contributed by atoms with Crippen molar-refractivity contribution in [2.45, 2.75) is 11.3 Å². The van der Waals surface area contributed by atoms with Gasteiger partial charge < -0.3 is 9.64 Å². The molecule has 144 valence electrons. The lowest BCUT2D eigenvalue weighted by molar-refractivity contribution is -0.0231. The van der Waals surface area contributed by atoms with Gasteiger partial charge in [0.05, 0.1) is 19.3 Å². The van der Waals surface area contributed by atoms with Crippen molar-refractivity contribution in [3.8, 4) is 5.69 Å². The fraction of sp³-hybridized carbons (Fsp3) is 0.238. The van der Waals surface area contributed by atoms with E-state index in [-0.39, 0.29) is 12.0 Å². The van der Waals surface area contributed by atoms with Crippen LogP contribution in [0.2, 0.25) is 0 Å². The van der Waals surface area contributed by atoms with E-state index in [1.807, 2.05) is 70.3 Å². The van der Waals surface area contributed by atoms with Crippen molar-refractivity contribution in [3.05, 3.63) is 76.5 Å². The Balaban J connectivity index is 1.61. The van der Waals surface area contributed by atoms with E-state index in [0.717, 1.165) is 20.9 Å². The molecule has 5 nitrogen and oxygen atoms in total. The van der Waals surface area contributed by atoms with Gasteiger partial charge >= 0.3 is 0 Å². The minimum atomic E-state index is -0.126. The quantitative estimate of drug-likeness (QED) is 0.538. The van der Waals surface area contributed by atoms with Crippen molar-refractivity contribution < 1.29 is 9.53 Å². The van der Waals surface area contributed by atoms with Crippen molar-refractivity contribution in [3.63, 3.8) is 0 Å². The number of halogens is 1. The zero-order valence-corrected chi connectivity index (χ0v) is 17.8. The largest absolute Gasteiger partial charge is 0.370 e. The van der Waals surface area contributed by atoms with Crippen LogP contribution in [0.4, 0.5) is 0 Å². The second kappa shape index (κ2) is 8.51. The van der Waals surface area contributed by atoms with E-state index in [1.165, 1.54) is 11.8 Å². The summed E-state index contributed by atoms with van der Waals surface area (Å²) in [7, 11) is 0. The average molecular weight is 458 g/mol. The normalized spacial score (nSPS) is 16.9. The number of ether oxygens (including phenoxy) is 1. The number of benzene rings is 2. The molecule has 2 heterocycles. The highest BCUT2D eigenvalue weighted by Crippen LogP contribution is 2.27. The zero-order valence-electron chi connectivity index (χ0n) is 15.4. The minimum absolute atomic E-state index is 0.0259. The maximum atomic E-state index is 13.3. The Morgan fingerprint density at radius 1 is 1.18 bits per heavy atom. The Labute approximate surface area is 176 Å². The third kappa shape index (κ3) is 3.87. The van der Waals surface area contributed by atoms with E-state index < -0.39 is 0 Å². The van der Waals surface area contributed by atoms with Crippen LogP contribution in [0.15, 0.2) is 70.4 Å². The van der Waals surface area contributed by atoms with Crippen LogP contribution < -0.4 is 0 Å². The zero-order chi connectivity index (χ0) is 19.5. The summed E-state index contributed by atoms with van der Waals surface area (Å²) in [5.41, 5.74) is 2.58. The first kappa shape index (κ1) is 19.2. The molecule has 1 unspecified atom stereocenters. The highest BCUT2D eigenvalue weighted by molar-refractivity contribution is 9.10. The van der Waals surface area contributed by atoms with E-state index in [9.17, 15) is 4.79 Å². The predicted molar refractivity (Wildman–Crippen MR) is 114 cm³/mol. The van der Waals surface area contributed by atoms with Crippen LogP contribution in [0.5, 0.6) is 0 Å². The highest BCUT2D eigenvalue weighted by Gasteiger charge is 2.29. The first-order valence-corrected chi connectivity index (χ1v) is 11.0. The molecule has 1 fully saturated rings. The van der Waals surface area contributed by atoms with Gasteiger partial charge in [-0.1, -0.05) is 58.0 Å². The number of rotatable bonds is 4. The summed E-state index contributed by atoms with van der Waals surface area (Å²) in [5.74, 6) is -0.0259. The molecule has 1 atom stereocenters. The molecular weight excluding hydrogens is 438 g/mol. The maximum Gasteiger partial charge on any atom is 0.272 e. The predicted octanol–water partition coefficient (Wildman–Crippen LogP) is 4.57. The van der Waals surface area contributed by atoms with Gasteiger partial charge in [0.1, 0.15) is 11.8 Å². The molecule has 0 radical (unpaired) electrons. The summed E-state index contributed by atoms with van der Waals surface area (Å²) in [6, 6.07) is 17.9. The van der Waals surface area contributed by atoms with Crippen molar-refractivity contribution in [1.29, 1.82) is 0 Å². The lowest BCUT2D eigenvalue weighted by Crippen LogP contribution is -2.42. The van der Waals surface area contributed by atoms with E-state index in [4.69, 9.17) is 4.74 Å². The molecule has 1 aliphatic rings. The van der Waals surface area contributed by atoms with Crippen LogP contribution in [0.3, 0.4) is 0 Å². The van der Waals surface area contributed by atoms with Crippen LogP contribution >= 0.6 is 27.7 Å². The van der Waals surface area contributed by atoms with Crippen molar-refractivity contribution in [1.82, 2.24) is 14.5 Å². The Morgan fingerprint density at radius 2 is 1.93 bits per heavy atom. The van der Waals surface area contributed by atoms with Gasteiger partial charge in [0.2, 0.25) is 0 Å². The Hall–Kier alpha value is -2.09. The lowest BCUT2D eigenvalue weighted by Gasteiger charge is -2.33. The number of aromatic nitrogens is 2. The second-order valence-corrected chi connectivity index (χ2v) is 8.15. The van der Waals surface area contributed by atoms with Gasteiger partial charge in [-0.3, -0.25) is 9.36 Å². The van der Waals surface area contributed by atoms with Gasteiger partial charge in [0.25, 0.3) is 5.91 Å². The molecular formula is C21H20BrN3O2S. The summed E-state index contributed by atoms with van der Waals surface area (Å²) >= 11 is 4.98. The van der Waals surface area contributed by atoms with E-state index in [1.54, 1.807) is 6.20 Å². The number of hydrogen-bond acceptors (Lipinski definition) is 4. The molecule has 0 spiro atoms. The standard InChI is InChI=1S/C21H20BrN3O2S/c1-28-21-23-13-18(25(21)17-5-3-2-4-6-17)20(26)24-11-12-27-19(14-24)15-7-9-16(22)10-8-15/h2-10,13,19H,11-12,14H2,1H3. The van der Waals surface area contributed by atoms with Crippen molar-refractivity contribution in [2.75, 3.05) is 26.0 Å². The van der Waals surface area contributed by atoms with Gasteiger partial charge in [-0.2, -0.15) is 0 Å². The fourth-order valence-corrected chi connectivity index (χ4v) is 4.14. The number of thioether (sulfide) groups is 1. The highest BCUT2D eigenvalue weighted by atomic mass is 79.9. The van der Waals surface area contributed by atoms with Gasteiger partial charge in [0, 0.05) is 16.7 Å². The molecule has 2 aromatic carbocycles. The topological polar surface area (TPSA) is 47.4 Å². The molecule has 0 aliphatic carbocycles. The van der Waals surface area contributed by atoms with E-state index >= 15 is 0 Å². The molecule has 0 bridgehead atoms. The molecule has 0 saturated carbocycles. The number of carbonyl (C=O) groups is 1. The lowest BCUT2D eigenvalue weighted by atomic mass is 10.1. The molecule has 3 aromatic rings. The number of amides is 1. The van der Waals surface area contributed by atoms with Crippen LogP contribution in [0, 0.1) is 0 Å². The molecule has 0 N–H and O–H groups in total. The van der Waals surface area contributed by atoms with Crippen LogP contribution in [-0.4, -0.2) is 46.3 Å². The summed E-state index contributed by atoms with van der Waals surface area (Å²) in [6.45, 7) is 1.61. The number of imidazole rings is 1. The minimum Gasteiger partial charge on any atom is -0.370 e. The van der Waals surface area contributed by atoms with Crippen LogP contribution in [-0.2, 0) is 4.74 Å². The molecule has 1 aromatic heterocycles. The second-order valence-electron chi connectivity index (χ2n) is 6.46. The maximum absolute atomic E-state index is 13.3. The Bertz CT molecular complexity index is 960. The van der Waals surface area contributed by atoms with Crippen molar-refractivity contribution >= 4 is 33.6 Å². The summed E-state index contributed by atoms with van der Waals surface area (Å²) < 4.78 is 8.88. The van der Waals surface area contributed by atoms with E-state index in [2.05, 4.69) is 20.9 Å². The molecule has 1 amide bonds. The van der Waals surface area contributed by atoms with Crippen LogP contribution in [0.1, 0.15) is 22.2 Å². The monoisotopic (exact) mass is 457 g/mol. The first-order chi connectivity index (χ1) is 13.7. The summed E-state index contributed by atoms with van der Waals surface area (Å²) in [5, 5.41) is 0.798. The number of para-hydroxylation sites is 1. The van der Waals surface area contributed by atoms with Crippen LogP contribution in [0.25, 0.3) is 5.69 Å².